The second kappa shape index (κ2) is 14.2. The Kier molecular flexibility index (Phi) is 14.0. The molecule has 0 radical (unpaired) electrons. The molecule has 0 spiro atoms. The summed E-state index contributed by atoms with van der Waals surface area (Å²) in [7, 11) is 1.42. The molecule has 0 N–H and O–H groups in total. The van der Waals surface area contributed by atoms with Crippen molar-refractivity contribution >= 4 is 21.9 Å². The van der Waals surface area contributed by atoms with Gasteiger partial charge in [0.1, 0.15) is 0 Å². The Hall–Kier alpha value is -0.390. The number of esters is 1. The summed E-state index contributed by atoms with van der Waals surface area (Å²) >= 11 is 3.49. The summed E-state index contributed by atoms with van der Waals surface area (Å²) in [6, 6.07) is 0. The minimum absolute atomic E-state index is 0.140. The maximum absolute atomic E-state index is 11.1. The average Bonchev–Trinajstić information content (AvgIpc) is 2.51. The number of ether oxygens (including phenoxy) is 3. The van der Waals surface area contributed by atoms with Crippen molar-refractivity contribution in [2.75, 3.05) is 19.0 Å². The van der Waals surface area contributed by atoms with Gasteiger partial charge in [-0.3, -0.25) is 4.79 Å². The zero-order valence-electron chi connectivity index (χ0n) is 14.4. The van der Waals surface area contributed by atoms with E-state index in [4.69, 9.17) is 9.47 Å². The fourth-order valence-corrected chi connectivity index (χ4v) is 2.38. The summed E-state index contributed by atoms with van der Waals surface area (Å²) in [4.78, 5) is 11.1. The van der Waals surface area contributed by atoms with Crippen molar-refractivity contribution in [1.82, 2.24) is 0 Å². The van der Waals surface area contributed by atoms with Gasteiger partial charge in [-0.1, -0.05) is 40.9 Å². The highest BCUT2D eigenvalue weighted by Gasteiger charge is 2.12. The van der Waals surface area contributed by atoms with E-state index in [-0.39, 0.29) is 18.4 Å². The minimum atomic E-state index is -0.168. The highest BCUT2D eigenvalue weighted by atomic mass is 79.9. The summed E-state index contributed by atoms with van der Waals surface area (Å²) in [5.41, 5.74) is 1.21. The van der Waals surface area contributed by atoms with Crippen LogP contribution < -0.4 is 0 Å². The molecular formula is C17H31BrO4. The molecule has 0 aliphatic rings. The van der Waals surface area contributed by atoms with E-state index < -0.39 is 0 Å². The number of alkyl halides is 1. The molecule has 0 amide bonds. The van der Waals surface area contributed by atoms with Crippen LogP contribution in [0.3, 0.4) is 0 Å². The Balaban J connectivity index is 3.94. The maximum atomic E-state index is 11.1. The Morgan fingerprint density at radius 1 is 1.32 bits per heavy atom. The first-order valence-corrected chi connectivity index (χ1v) is 9.21. The lowest BCUT2D eigenvalue weighted by Gasteiger charge is -2.20. The van der Waals surface area contributed by atoms with Crippen molar-refractivity contribution in [1.29, 1.82) is 0 Å². The minimum Gasteiger partial charge on any atom is -0.469 e. The van der Waals surface area contributed by atoms with Gasteiger partial charge in [0.25, 0.3) is 0 Å². The van der Waals surface area contributed by atoms with E-state index in [9.17, 15) is 4.79 Å². The Morgan fingerprint density at radius 2 is 2.05 bits per heavy atom. The van der Waals surface area contributed by atoms with Crippen LogP contribution in [-0.2, 0) is 19.0 Å². The first-order chi connectivity index (χ1) is 10.5. The van der Waals surface area contributed by atoms with E-state index in [0.717, 1.165) is 44.0 Å². The quantitative estimate of drug-likeness (QED) is 0.154. The van der Waals surface area contributed by atoms with Crippen LogP contribution in [0, 0.1) is 0 Å². The molecule has 5 heteroatoms. The SMILES string of the molecule is CCCCOC(C)OC(CBr)CCC=C(C)CCC(=O)OC. The molecule has 0 aliphatic carbocycles. The molecule has 0 fully saturated rings. The molecule has 0 rings (SSSR count). The average molecular weight is 379 g/mol. The lowest BCUT2D eigenvalue weighted by molar-refractivity contribution is -0.155. The summed E-state index contributed by atoms with van der Waals surface area (Å²) < 4.78 is 16.1. The van der Waals surface area contributed by atoms with Crippen molar-refractivity contribution in [3.05, 3.63) is 11.6 Å². The highest BCUT2D eigenvalue weighted by molar-refractivity contribution is 9.09. The molecule has 0 bridgehead atoms. The zero-order chi connectivity index (χ0) is 16.8. The first-order valence-electron chi connectivity index (χ1n) is 8.08. The number of rotatable bonds is 13. The first kappa shape index (κ1) is 21.6. The van der Waals surface area contributed by atoms with Gasteiger partial charge in [0.15, 0.2) is 6.29 Å². The summed E-state index contributed by atoms with van der Waals surface area (Å²) in [6.45, 7) is 6.89. The Bertz CT molecular complexity index is 318. The van der Waals surface area contributed by atoms with E-state index in [2.05, 4.69) is 33.7 Å². The van der Waals surface area contributed by atoms with Crippen LogP contribution >= 0.6 is 15.9 Å². The molecule has 2 unspecified atom stereocenters. The number of methoxy groups -OCH3 is 1. The number of hydrogen-bond donors (Lipinski definition) is 0. The van der Waals surface area contributed by atoms with Crippen molar-refractivity contribution < 1.29 is 19.0 Å². The number of allylic oxidation sites excluding steroid dienone is 2. The molecule has 4 nitrogen and oxygen atoms in total. The van der Waals surface area contributed by atoms with Gasteiger partial charge in [0.05, 0.1) is 13.2 Å². The van der Waals surface area contributed by atoms with Crippen LogP contribution in [0.4, 0.5) is 0 Å². The number of unbranched alkanes of at least 4 members (excludes halogenated alkanes) is 1. The zero-order valence-corrected chi connectivity index (χ0v) is 16.0. The molecule has 0 aliphatic heterocycles. The third kappa shape index (κ3) is 12.2. The van der Waals surface area contributed by atoms with E-state index in [0.29, 0.717) is 6.42 Å². The maximum Gasteiger partial charge on any atom is 0.305 e. The van der Waals surface area contributed by atoms with E-state index in [1.165, 1.54) is 12.7 Å². The largest absolute Gasteiger partial charge is 0.469 e. The van der Waals surface area contributed by atoms with Crippen molar-refractivity contribution in [3.63, 3.8) is 0 Å². The van der Waals surface area contributed by atoms with Gasteiger partial charge in [0, 0.05) is 18.4 Å². The molecule has 0 aromatic rings. The molecule has 2 atom stereocenters. The number of halogens is 1. The molecule has 22 heavy (non-hydrogen) atoms. The lowest BCUT2D eigenvalue weighted by atomic mass is 10.1. The van der Waals surface area contributed by atoms with Crippen LogP contribution in [0.5, 0.6) is 0 Å². The fourth-order valence-electron chi connectivity index (χ4n) is 1.90. The van der Waals surface area contributed by atoms with Gasteiger partial charge in [-0.15, -0.1) is 0 Å². The third-order valence-electron chi connectivity index (χ3n) is 3.34. The lowest BCUT2D eigenvalue weighted by Crippen LogP contribution is -2.23. The van der Waals surface area contributed by atoms with Gasteiger partial charge in [-0.25, -0.2) is 0 Å². The summed E-state index contributed by atoms with van der Waals surface area (Å²) in [5, 5.41) is 0.795. The number of carbonyl (C=O) groups is 1. The predicted molar refractivity (Wildman–Crippen MR) is 93.2 cm³/mol. The monoisotopic (exact) mass is 378 g/mol. The second-order valence-electron chi connectivity index (χ2n) is 5.41. The molecule has 0 saturated carbocycles. The van der Waals surface area contributed by atoms with Gasteiger partial charge >= 0.3 is 5.97 Å². The Morgan fingerprint density at radius 3 is 2.64 bits per heavy atom. The van der Waals surface area contributed by atoms with E-state index in [1.54, 1.807) is 0 Å². The standard InChI is InChI=1S/C17H31BrO4/c1-5-6-12-21-15(3)22-16(13-18)9-7-8-14(2)10-11-17(19)20-4/h8,15-16H,5-7,9-13H2,1-4H3. The summed E-state index contributed by atoms with van der Waals surface area (Å²) in [6.07, 6.45) is 7.40. The molecule has 0 aromatic heterocycles. The van der Waals surface area contributed by atoms with Gasteiger partial charge in [0.2, 0.25) is 0 Å². The Labute approximate surface area is 143 Å². The second-order valence-corrected chi connectivity index (χ2v) is 6.06. The highest BCUT2D eigenvalue weighted by Crippen LogP contribution is 2.13. The topological polar surface area (TPSA) is 44.8 Å². The predicted octanol–water partition coefficient (Wildman–Crippen LogP) is 4.61. The molecule has 0 heterocycles. The van der Waals surface area contributed by atoms with Gasteiger partial charge < -0.3 is 14.2 Å². The van der Waals surface area contributed by atoms with E-state index >= 15 is 0 Å². The van der Waals surface area contributed by atoms with Crippen LogP contribution in [0.25, 0.3) is 0 Å². The van der Waals surface area contributed by atoms with Crippen molar-refractivity contribution in [2.45, 2.75) is 71.7 Å². The van der Waals surface area contributed by atoms with Crippen LogP contribution in [-0.4, -0.2) is 37.4 Å². The van der Waals surface area contributed by atoms with E-state index in [1.807, 2.05) is 13.8 Å². The summed E-state index contributed by atoms with van der Waals surface area (Å²) in [5.74, 6) is -0.160. The van der Waals surface area contributed by atoms with Crippen LogP contribution in [0.15, 0.2) is 11.6 Å². The molecule has 130 valence electrons. The van der Waals surface area contributed by atoms with Gasteiger partial charge in [-0.2, -0.15) is 0 Å². The fraction of sp³-hybridized carbons (Fsp3) is 0.824. The third-order valence-corrected chi connectivity index (χ3v) is 4.06. The molecule has 0 aromatic carbocycles. The van der Waals surface area contributed by atoms with Crippen molar-refractivity contribution in [2.24, 2.45) is 0 Å². The van der Waals surface area contributed by atoms with Gasteiger partial charge in [-0.05, 0) is 39.5 Å². The molecule has 0 saturated heterocycles. The number of hydrogen-bond acceptors (Lipinski definition) is 4. The number of carbonyl (C=O) groups excluding carboxylic acids is 1. The van der Waals surface area contributed by atoms with Crippen LogP contribution in [0.1, 0.15) is 59.3 Å². The molecular weight excluding hydrogens is 348 g/mol. The smallest absolute Gasteiger partial charge is 0.305 e. The van der Waals surface area contributed by atoms with Crippen LogP contribution in [0.2, 0.25) is 0 Å². The van der Waals surface area contributed by atoms with Crippen molar-refractivity contribution in [3.8, 4) is 0 Å². The normalized spacial score (nSPS) is 14.7.